The lowest BCUT2D eigenvalue weighted by molar-refractivity contribution is -0.000230. The van der Waals surface area contributed by atoms with Gasteiger partial charge in [0, 0.05) is 26.6 Å². The number of imidazole rings is 1. The van der Waals surface area contributed by atoms with Crippen molar-refractivity contribution in [3.8, 4) is 0 Å². The quantitative estimate of drug-likeness (QED) is 0.545. The highest BCUT2D eigenvalue weighted by atomic mass is 16.6. The predicted molar refractivity (Wildman–Crippen MR) is 66.4 cm³/mol. The number of hydrogen-bond acceptors (Lipinski definition) is 5. The lowest BCUT2D eigenvalue weighted by atomic mass is 10.6. The molecule has 0 N–H and O–H groups in total. The van der Waals surface area contributed by atoms with Crippen molar-refractivity contribution in [2.45, 2.75) is 6.61 Å². The minimum atomic E-state index is 0.511. The van der Waals surface area contributed by atoms with Gasteiger partial charge in [-0.15, -0.1) is 0 Å². The molecule has 1 aromatic rings. The van der Waals surface area contributed by atoms with Gasteiger partial charge in [0.05, 0.1) is 39.6 Å². The van der Waals surface area contributed by atoms with Crippen LogP contribution in [0.25, 0.3) is 0 Å². The van der Waals surface area contributed by atoms with E-state index in [-0.39, 0.29) is 0 Å². The number of rotatable bonds is 11. The van der Waals surface area contributed by atoms with Crippen LogP contribution in [0.5, 0.6) is 0 Å². The Bertz CT molecular complexity index is 304. The molecule has 0 aliphatic heterocycles. The van der Waals surface area contributed by atoms with Crippen LogP contribution in [0.2, 0.25) is 0 Å². The van der Waals surface area contributed by atoms with Crippen molar-refractivity contribution in [1.29, 1.82) is 0 Å². The average Bonchev–Trinajstić information content (AvgIpc) is 2.77. The number of aryl methyl sites for hydroxylation is 1. The molecule has 1 heterocycles. The van der Waals surface area contributed by atoms with Crippen LogP contribution in [-0.2, 0) is 32.6 Å². The van der Waals surface area contributed by atoms with E-state index in [2.05, 4.69) is 4.98 Å². The molecular formula is C12H22N2O4. The van der Waals surface area contributed by atoms with Crippen molar-refractivity contribution in [1.82, 2.24) is 9.55 Å². The fourth-order valence-corrected chi connectivity index (χ4v) is 1.28. The first-order valence-corrected chi connectivity index (χ1v) is 6.03. The van der Waals surface area contributed by atoms with Crippen LogP contribution in [0.1, 0.15) is 5.82 Å². The van der Waals surface area contributed by atoms with Crippen molar-refractivity contribution in [2.24, 2.45) is 7.05 Å². The monoisotopic (exact) mass is 258 g/mol. The van der Waals surface area contributed by atoms with Crippen molar-refractivity contribution >= 4 is 0 Å². The van der Waals surface area contributed by atoms with Crippen molar-refractivity contribution in [3.63, 3.8) is 0 Å². The van der Waals surface area contributed by atoms with Gasteiger partial charge in [-0.05, 0) is 0 Å². The van der Waals surface area contributed by atoms with Crippen LogP contribution in [0.3, 0.4) is 0 Å². The van der Waals surface area contributed by atoms with E-state index < -0.39 is 0 Å². The first-order chi connectivity index (χ1) is 8.84. The van der Waals surface area contributed by atoms with Crippen molar-refractivity contribution in [2.75, 3.05) is 46.8 Å². The van der Waals surface area contributed by atoms with Gasteiger partial charge in [-0.2, -0.15) is 0 Å². The fraction of sp³-hybridized carbons (Fsp3) is 0.750. The maximum Gasteiger partial charge on any atom is 0.134 e. The summed E-state index contributed by atoms with van der Waals surface area (Å²) in [5.74, 6) is 0.915. The van der Waals surface area contributed by atoms with Gasteiger partial charge in [0.2, 0.25) is 0 Å². The van der Waals surface area contributed by atoms with Gasteiger partial charge in [-0.1, -0.05) is 0 Å². The van der Waals surface area contributed by atoms with E-state index in [1.165, 1.54) is 0 Å². The van der Waals surface area contributed by atoms with Crippen molar-refractivity contribution < 1.29 is 18.9 Å². The van der Waals surface area contributed by atoms with E-state index in [1.54, 1.807) is 13.3 Å². The van der Waals surface area contributed by atoms with Crippen LogP contribution >= 0.6 is 0 Å². The highest BCUT2D eigenvalue weighted by Crippen LogP contribution is 1.96. The predicted octanol–water partition coefficient (Wildman–Crippen LogP) is 0.616. The largest absolute Gasteiger partial charge is 0.382 e. The van der Waals surface area contributed by atoms with E-state index >= 15 is 0 Å². The van der Waals surface area contributed by atoms with Gasteiger partial charge < -0.3 is 23.5 Å². The molecular weight excluding hydrogens is 236 g/mol. The van der Waals surface area contributed by atoms with Gasteiger partial charge >= 0.3 is 0 Å². The summed E-state index contributed by atoms with van der Waals surface area (Å²) in [5.41, 5.74) is 0. The lowest BCUT2D eigenvalue weighted by Crippen LogP contribution is -2.11. The third-order valence-electron chi connectivity index (χ3n) is 2.33. The molecule has 0 aliphatic rings. The molecule has 0 atom stereocenters. The molecule has 18 heavy (non-hydrogen) atoms. The summed E-state index contributed by atoms with van der Waals surface area (Å²) >= 11 is 0. The third-order valence-corrected chi connectivity index (χ3v) is 2.33. The Kier molecular flexibility index (Phi) is 8.41. The minimum absolute atomic E-state index is 0.511. The van der Waals surface area contributed by atoms with Gasteiger partial charge in [-0.25, -0.2) is 4.98 Å². The topological polar surface area (TPSA) is 54.7 Å². The maximum absolute atomic E-state index is 5.43. The SMILES string of the molecule is COCCOCCOCCOCc1nccn1C. The number of aromatic nitrogens is 2. The van der Waals surface area contributed by atoms with E-state index in [4.69, 9.17) is 18.9 Å². The Morgan fingerprint density at radius 1 is 1.00 bits per heavy atom. The highest BCUT2D eigenvalue weighted by molar-refractivity contribution is 4.88. The molecule has 1 rings (SSSR count). The third kappa shape index (κ3) is 6.70. The Labute approximate surface area is 108 Å². The second-order valence-corrected chi connectivity index (χ2v) is 3.72. The van der Waals surface area contributed by atoms with E-state index in [0.29, 0.717) is 46.2 Å². The molecule has 0 unspecified atom stereocenters. The summed E-state index contributed by atoms with van der Waals surface area (Å²) < 4.78 is 22.8. The summed E-state index contributed by atoms with van der Waals surface area (Å²) in [7, 11) is 3.60. The summed E-state index contributed by atoms with van der Waals surface area (Å²) in [6, 6.07) is 0. The Hall–Kier alpha value is -0.950. The van der Waals surface area contributed by atoms with Gasteiger partial charge in [-0.3, -0.25) is 0 Å². The maximum atomic E-state index is 5.43. The zero-order valence-corrected chi connectivity index (χ0v) is 11.1. The molecule has 0 saturated heterocycles. The second-order valence-electron chi connectivity index (χ2n) is 3.72. The van der Waals surface area contributed by atoms with Gasteiger partial charge in [0.25, 0.3) is 0 Å². The first-order valence-electron chi connectivity index (χ1n) is 6.03. The summed E-state index contributed by atoms with van der Waals surface area (Å²) in [6.45, 7) is 4.03. The second kappa shape index (κ2) is 10.0. The van der Waals surface area contributed by atoms with Crippen LogP contribution in [0.15, 0.2) is 12.4 Å². The average molecular weight is 258 g/mol. The molecule has 0 radical (unpaired) electrons. The molecule has 0 amide bonds. The molecule has 0 saturated carbocycles. The zero-order chi connectivity index (χ0) is 13.1. The minimum Gasteiger partial charge on any atom is -0.382 e. The summed E-state index contributed by atoms with van der Waals surface area (Å²) in [6.07, 6.45) is 3.65. The normalized spacial score (nSPS) is 11.0. The number of ether oxygens (including phenoxy) is 4. The molecule has 0 fully saturated rings. The van der Waals surface area contributed by atoms with Crippen LogP contribution in [0.4, 0.5) is 0 Å². The number of methoxy groups -OCH3 is 1. The fourth-order valence-electron chi connectivity index (χ4n) is 1.28. The lowest BCUT2D eigenvalue weighted by Gasteiger charge is -2.06. The summed E-state index contributed by atoms with van der Waals surface area (Å²) in [4.78, 5) is 4.16. The highest BCUT2D eigenvalue weighted by Gasteiger charge is 1.98. The standard InChI is InChI=1S/C12H22N2O4/c1-14-4-3-13-12(14)11-18-10-9-17-8-7-16-6-5-15-2/h3-4H,5-11H2,1-2H3. The summed E-state index contributed by atoms with van der Waals surface area (Å²) in [5, 5.41) is 0. The Balaban J connectivity index is 1.83. The molecule has 6 nitrogen and oxygen atoms in total. The van der Waals surface area contributed by atoms with Gasteiger partial charge in [0.1, 0.15) is 12.4 Å². The Morgan fingerprint density at radius 3 is 2.17 bits per heavy atom. The number of hydrogen-bond donors (Lipinski definition) is 0. The smallest absolute Gasteiger partial charge is 0.134 e. The van der Waals surface area contributed by atoms with Crippen LogP contribution < -0.4 is 0 Å². The molecule has 104 valence electrons. The molecule has 0 aromatic carbocycles. The molecule has 0 bridgehead atoms. The van der Waals surface area contributed by atoms with E-state index in [1.807, 2.05) is 17.8 Å². The van der Waals surface area contributed by atoms with E-state index in [9.17, 15) is 0 Å². The van der Waals surface area contributed by atoms with Gasteiger partial charge in [0.15, 0.2) is 0 Å². The van der Waals surface area contributed by atoms with Crippen LogP contribution in [0, 0.1) is 0 Å². The molecule has 0 aliphatic carbocycles. The first kappa shape index (κ1) is 15.1. The molecule has 0 spiro atoms. The number of nitrogens with zero attached hydrogens (tertiary/aromatic N) is 2. The molecule has 6 heteroatoms. The van der Waals surface area contributed by atoms with E-state index in [0.717, 1.165) is 5.82 Å². The van der Waals surface area contributed by atoms with Crippen LogP contribution in [-0.4, -0.2) is 56.3 Å². The Morgan fingerprint density at radius 2 is 1.61 bits per heavy atom. The molecule has 1 aromatic heterocycles. The zero-order valence-electron chi connectivity index (χ0n) is 11.1. The van der Waals surface area contributed by atoms with Crippen molar-refractivity contribution in [3.05, 3.63) is 18.2 Å².